The minimum atomic E-state index is 1.09. The average molecular weight is 233 g/mol. The Balaban J connectivity index is 2.66. The Kier molecular flexibility index (Phi) is 1.76. The molecule has 1 aromatic carbocycles. The lowest BCUT2D eigenvalue weighted by Gasteiger charge is -1.95. The molecule has 0 fully saturated rings. The quantitative estimate of drug-likeness (QED) is 0.626. The zero-order chi connectivity index (χ0) is 6.97. The Morgan fingerprint density at radius 3 is 3.10 bits per heavy atom. The fourth-order valence-corrected chi connectivity index (χ4v) is 3.52. The van der Waals surface area contributed by atoms with Crippen molar-refractivity contribution in [3.05, 3.63) is 22.7 Å². The highest BCUT2D eigenvalue weighted by atomic mass is 79.9. The summed E-state index contributed by atoms with van der Waals surface area (Å²) in [5, 5.41) is 0. The number of rotatable bonds is 0. The van der Waals surface area contributed by atoms with E-state index < -0.39 is 0 Å². The summed E-state index contributed by atoms with van der Waals surface area (Å²) in [5.41, 5.74) is 1.09. The first-order valence-corrected chi connectivity index (χ1v) is 5.61. The standard InChI is InChI=1S/C6H3BrNS2/c7-4-2-1-3-5-6(4)9-10-8-5/h1-3H. The minimum Gasteiger partial charge on any atom is -0.185 e. The third kappa shape index (κ3) is 1.00. The van der Waals surface area contributed by atoms with Gasteiger partial charge in [-0.3, -0.25) is 0 Å². The lowest BCUT2D eigenvalue weighted by molar-refractivity contribution is 1.38. The first-order chi connectivity index (χ1) is 4.88. The molecule has 0 saturated heterocycles. The topological polar surface area (TPSA) is 12.4 Å². The van der Waals surface area contributed by atoms with Gasteiger partial charge in [0.1, 0.15) is 0 Å². The molecule has 0 aliphatic carbocycles. The van der Waals surface area contributed by atoms with E-state index in [1.807, 2.05) is 18.2 Å². The van der Waals surface area contributed by atoms with Gasteiger partial charge in [0.25, 0.3) is 0 Å². The molecule has 1 aliphatic heterocycles. The predicted molar refractivity (Wildman–Crippen MR) is 49.5 cm³/mol. The second-order valence-electron chi connectivity index (χ2n) is 1.84. The summed E-state index contributed by atoms with van der Waals surface area (Å²) >= 11 is 3.45. The van der Waals surface area contributed by atoms with E-state index in [0.717, 1.165) is 10.2 Å². The second-order valence-corrected chi connectivity index (χ2v) is 4.55. The van der Waals surface area contributed by atoms with Crippen LogP contribution in [0.25, 0.3) is 0 Å². The van der Waals surface area contributed by atoms with Crippen LogP contribution >= 0.6 is 26.7 Å². The molecule has 0 atom stereocenters. The van der Waals surface area contributed by atoms with Gasteiger partial charge in [-0.2, -0.15) is 4.36 Å². The van der Waals surface area contributed by atoms with Crippen molar-refractivity contribution in [2.45, 2.75) is 4.90 Å². The Hall–Kier alpha value is 0.0700. The van der Waals surface area contributed by atoms with Gasteiger partial charge in [0.05, 0.1) is 10.6 Å². The number of hydrogen-bond acceptors (Lipinski definition) is 2. The van der Waals surface area contributed by atoms with Crippen LogP contribution in [-0.4, -0.2) is 0 Å². The lowest BCUT2D eigenvalue weighted by atomic mass is 10.3. The van der Waals surface area contributed by atoms with Gasteiger partial charge in [0.2, 0.25) is 0 Å². The number of hydrogen-bond donors (Lipinski definition) is 0. The van der Waals surface area contributed by atoms with Crippen LogP contribution in [0.4, 0.5) is 5.69 Å². The average Bonchev–Trinajstić information content (AvgIpc) is 2.36. The minimum absolute atomic E-state index is 1.09. The Morgan fingerprint density at radius 1 is 1.40 bits per heavy atom. The lowest BCUT2D eigenvalue weighted by Crippen LogP contribution is -1.68. The van der Waals surface area contributed by atoms with Gasteiger partial charge in [-0.25, -0.2) is 0 Å². The summed E-state index contributed by atoms with van der Waals surface area (Å²) in [6.07, 6.45) is 0. The molecule has 0 amide bonds. The summed E-state index contributed by atoms with van der Waals surface area (Å²) in [7, 11) is 3.23. The molecular formula is C6H3BrNS2. The van der Waals surface area contributed by atoms with Crippen molar-refractivity contribution in [2.75, 3.05) is 0 Å². The molecule has 1 radical (unpaired) electrons. The van der Waals surface area contributed by atoms with Crippen LogP contribution in [0, 0.1) is 0 Å². The van der Waals surface area contributed by atoms with Crippen molar-refractivity contribution >= 4 is 43.0 Å². The van der Waals surface area contributed by atoms with Gasteiger partial charge in [0.15, 0.2) is 0 Å². The fraction of sp³-hybridized carbons (Fsp3) is 0. The molecule has 1 heterocycles. The van der Waals surface area contributed by atoms with E-state index in [1.54, 1.807) is 10.8 Å². The van der Waals surface area contributed by atoms with Crippen molar-refractivity contribution in [2.24, 2.45) is 4.36 Å². The Bertz CT molecular complexity index is 298. The number of fused-ring (bicyclic) bond motifs is 1. The predicted octanol–water partition coefficient (Wildman–Crippen LogP) is 3.37. The first kappa shape index (κ1) is 6.76. The van der Waals surface area contributed by atoms with Crippen molar-refractivity contribution in [1.29, 1.82) is 0 Å². The largest absolute Gasteiger partial charge is 0.185 e. The van der Waals surface area contributed by atoms with Gasteiger partial charge >= 0.3 is 0 Å². The molecule has 0 aromatic heterocycles. The zero-order valence-electron chi connectivity index (χ0n) is 4.87. The van der Waals surface area contributed by atoms with Crippen molar-refractivity contribution < 1.29 is 0 Å². The zero-order valence-corrected chi connectivity index (χ0v) is 8.09. The highest BCUT2D eigenvalue weighted by molar-refractivity contribution is 9.10. The van der Waals surface area contributed by atoms with Gasteiger partial charge in [0, 0.05) is 15.1 Å². The molecule has 10 heavy (non-hydrogen) atoms. The van der Waals surface area contributed by atoms with E-state index in [4.69, 9.17) is 0 Å². The second kappa shape index (κ2) is 2.60. The summed E-state index contributed by atoms with van der Waals surface area (Å²) in [6.45, 7) is 0. The van der Waals surface area contributed by atoms with Gasteiger partial charge in [-0.1, -0.05) is 6.07 Å². The van der Waals surface area contributed by atoms with Gasteiger partial charge in [-0.05, 0) is 38.9 Å². The van der Waals surface area contributed by atoms with E-state index >= 15 is 0 Å². The molecule has 1 aromatic rings. The molecule has 51 valence electrons. The summed E-state index contributed by atoms with van der Waals surface area (Å²) in [6, 6.07) is 6.05. The molecule has 1 aliphatic rings. The molecule has 0 N–H and O–H groups in total. The smallest absolute Gasteiger partial charge is 0.0925 e. The third-order valence-electron chi connectivity index (χ3n) is 1.20. The number of nitrogens with zero attached hydrogens (tertiary/aromatic N) is 1. The molecular weight excluding hydrogens is 230 g/mol. The maximum Gasteiger partial charge on any atom is 0.0925 e. The normalized spacial score (nSPS) is 13.7. The summed E-state index contributed by atoms with van der Waals surface area (Å²) in [4.78, 5) is 1.24. The first-order valence-electron chi connectivity index (χ1n) is 2.71. The Morgan fingerprint density at radius 2 is 2.30 bits per heavy atom. The SMILES string of the molecule is Brc1cccc2c1S[S]=N2. The van der Waals surface area contributed by atoms with Crippen molar-refractivity contribution in [1.82, 2.24) is 0 Å². The van der Waals surface area contributed by atoms with Crippen molar-refractivity contribution in [3.8, 4) is 0 Å². The number of benzene rings is 1. The molecule has 1 nitrogen and oxygen atoms in total. The fourth-order valence-electron chi connectivity index (χ4n) is 0.748. The molecule has 2 rings (SSSR count). The van der Waals surface area contributed by atoms with E-state index in [0.29, 0.717) is 0 Å². The molecule has 0 saturated carbocycles. The van der Waals surface area contributed by atoms with Crippen LogP contribution in [0.2, 0.25) is 0 Å². The molecule has 0 bridgehead atoms. The van der Waals surface area contributed by atoms with E-state index in [1.165, 1.54) is 15.5 Å². The molecule has 0 unspecified atom stereocenters. The highest BCUT2D eigenvalue weighted by Crippen LogP contribution is 2.40. The van der Waals surface area contributed by atoms with Crippen LogP contribution < -0.4 is 0 Å². The monoisotopic (exact) mass is 232 g/mol. The van der Waals surface area contributed by atoms with Crippen LogP contribution in [-0.2, 0) is 10.6 Å². The molecule has 0 spiro atoms. The summed E-state index contributed by atoms with van der Waals surface area (Å²) in [5.74, 6) is 0. The maximum absolute atomic E-state index is 4.21. The van der Waals surface area contributed by atoms with E-state index in [2.05, 4.69) is 20.3 Å². The summed E-state index contributed by atoms with van der Waals surface area (Å²) < 4.78 is 5.35. The maximum atomic E-state index is 4.21. The number of halogens is 1. The van der Waals surface area contributed by atoms with E-state index in [-0.39, 0.29) is 0 Å². The van der Waals surface area contributed by atoms with Crippen LogP contribution in [0.1, 0.15) is 0 Å². The highest BCUT2D eigenvalue weighted by Gasteiger charge is 2.10. The van der Waals surface area contributed by atoms with Crippen LogP contribution in [0.15, 0.2) is 31.9 Å². The van der Waals surface area contributed by atoms with Gasteiger partial charge in [-0.15, -0.1) is 0 Å². The van der Waals surface area contributed by atoms with Crippen LogP contribution in [0.5, 0.6) is 0 Å². The Labute approximate surface area is 74.9 Å². The van der Waals surface area contributed by atoms with E-state index in [9.17, 15) is 0 Å². The molecule has 4 heteroatoms. The van der Waals surface area contributed by atoms with Crippen molar-refractivity contribution in [3.63, 3.8) is 0 Å². The van der Waals surface area contributed by atoms with Crippen LogP contribution in [0.3, 0.4) is 0 Å². The third-order valence-corrected chi connectivity index (χ3v) is 4.01. The van der Waals surface area contributed by atoms with Gasteiger partial charge < -0.3 is 0 Å².